The second-order valence-corrected chi connectivity index (χ2v) is 9.22. The molecule has 2 aromatic heterocycles. The van der Waals surface area contributed by atoms with Gasteiger partial charge in [-0.1, -0.05) is 30.3 Å². The van der Waals surface area contributed by atoms with Crippen LogP contribution in [0.5, 0.6) is 5.75 Å². The number of aryl methyl sites for hydroxylation is 2. The Bertz CT molecular complexity index is 1290. The van der Waals surface area contributed by atoms with Crippen LogP contribution in [0, 0.1) is 13.8 Å². The fourth-order valence-corrected chi connectivity index (χ4v) is 4.62. The van der Waals surface area contributed by atoms with Gasteiger partial charge in [0.1, 0.15) is 12.4 Å². The van der Waals surface area contributed by atoms with Gasteiger partial charge < -0.3 is 19.4 Å². The molecule has 1 unspecified atom stereocenters. The van der Waals surface area contributed by atoms with E-state index >= 15 is 0 Å². The summed E-state index contributed by atoms with van der Waals surface area (Å²) in [6, 6.07) is 17.8. The van der Waals surface area contributed by atoms with Gasteiger partial charge in [0.15, 0.2) is 0 Å². The molecule has 5 rings (SSSR count). The van der Waals surface area contributed by atoms with Crippen LogP contribution >= 0.6 is 0 Å². The van der Waals surface area contributed by atoms with Gasteiger partial charge in [-0.3, -0.25) is 9.78 Å². The molecule has 180 valence electrons. The molecule has 2 aromatic carbocycles. The Morgan fingerprint density at radius 3 is 2.66 bits per heavy atom. The van der Waals surface area contributed by atoms with Crippen molar-refractivity contribution in [1.82, 2.24) is 14.9 Å². The van der Waals surface area contributed by atoms with Crippen molar-refractivity contribution in [3.8, 4) is 5.75 Å². The molecule has 0 saturated carbocycles. The number of aromatic amines is 1. The zero-order chi connectivity index (χ0) is 24.2. The van der Waals surface area contributed by atoms with Gasteiger partial charge in [0.05, 0.1) is 17.2 Å². The number of nitrogens with zero attached hydrogens (tertiary/aromatic N) is 2. The number of carbonyl (C=O) groups is 1. The molecule has 1 aliphatic rings. The van der Waals surface area contributed by atoms with E-state index in [1.807, 2.05) is 66.6 Å². The van der Waals surface area contributed by atoms with Gasteiger partial charge in [-0.05, 0) is 67.6 Å². The molecule has 4 aromatic rings. The fourth-order valence-electron chi connectivity index (χ4n) is 4.62. The van der Waals surface area contributed by atoms with Gasteiger partial charge in [0.2, 0.25) is 0 Å². The first-order valence-electron chi connectivity index (χ1n) is 12.2. The Balaban J connectivity index is 1.37. The van der Waals surface area contributed by atoms with Gasteiger partial charge in [-0.15, -0.1) is 0 Å². The number of H-pyrrole nitrogens is 1. The minimum absolute atomic E-state index is 0.0144. The van der Waals surface area contributed by atoms with Crippen LogP contribution in [-0.2, 0) is 17.8 Å². The van der Waals surface area contributed by atoms with Crippen molar-refractivity contribution < 1.29 is 14.3 Å². The maximum atomic E-state index is 13.9. The van der Waals surface area contributed by atoms with E-state index in [4.69, 9.17) is 9.47 Å². The molecule has 0 spiro atoms. The van der Waals surface area contributed by atoms with E-state index in [-0.39, 0.29) is 12.0 Å². The van der Waals surface area contributed by atoms with Crippen molar-refractivity contribution in [3.05, 3.63) is 94.9 Å². The molecule has 1 N–H and O–H groups in total. The summed E-state index contributed by atoms with van der Waals surface area (Å²) in [4.78, 5) is 23.4. The van der Waals surface area contributed by atoms with Crippen LogP contribution in [0.4, 0.5) is 0 Å². The van der Waals surface area contributed by atoms with Crippen molar-refractivity contribution in [2.75, 3.05) is 13.2 Å². The van der Waals surface area contributed by atoms with Crippen LogP contribution in [-0.4, -0.2) is 40.1 Å². The van der Waals surface area contributed by atoms with E-state index < -0.39 is 0 Å². The number of benzene rings is 2. The molecule has 0 bridgehead atoms. The molecule has 1 fully saturated rings. The topological polar surface area (TPSA) is 67.5 Å². The average Bonchev–Trinajstić information content (AvgIpc) is 3.51. The Hall–Kier alpha value is -3.64. The number of nitrogens with one attached hydrogen (secondary N) is 1. The summed E-state index contributed by atoms with van der Waals surface area (Å²) < 4.78 is 11.5. The maximum Gasteiger partial charge on any atom is 0.256 e. The molecule has 35 heavy (non-hydrogen) atoms. The minimum atomic E-state index is -0.0144. The second-order valence-electron chi connectivity index (χ2n) is 9.22. The lowest BCUT2D eigenvalue weighted by atomic mass is 10.1. The van der Waals surface area contributed by atoms with Crippen molar-refractivity contribution >= 4 is 16.8 Å². The SMILES string of the molecule is Cc1[nH]c2c(C(=O)N(Cc3ccc(OCC4CCCO4)cc3)Cc3cccnc3)cccc2c1C. The predicted molar refractivity (Wildman–Crippen MR) is 136 cm³/mol. The third-order valence-electron chi connectivity index (χ3n) is 6.71. The lowest BCUT2D eigenvalue weighted by Gasteiger charge is -2.23. The molecular weight excluding hydrogens is 438 g/mol. The van der Waals surface area contributed by atoms with Crippen molar-refractivity contribution in [1.29, 1.82) is 0 Å². The molecule has 1 amide bonds. The number of hydrogen-bond donors (Lipinski definition) is 1. The molecule has 0 aliphatic carbocycles. The summed E-state index contributed by atoms with van der Waals surface area (Å²) in [5.74, 6) is 0.802. The monoisotopic (exact) mass is 469 g/mol. The molecule has 1 saturated heterocycles. The van der Waals surface area contributed by atoms with Crippen molar-refractivity contribution in [2.24, 2.45) is 0 Å². The lowest BCUT2D eigenvalue weighted by molar-refractivity contribution is 0.0679. The molecular formula is C29H31N3O3. The first kappa shape index (κ1) is 23.1. The summed E-state index contributed by atoms with van der Waals surface area (Å²) in [6.45, 7) is 6.47. The quantitative estimate of drug-likeness (QED) is 0.366. The number of hydrogen-bond acceptors (Lipinski definition) is 4. The van der Waals surface area contributed by atoms with Crippen molar-refractivity contribution in [2.45, 2.75) is 45.9 Å². The number of amides is 1. The highest BCUT2D eigenvalue weighted by Gasteiger charge is 2.21. The zero-order valence-electron chi connectivity index (χ0n) is 20.3. The Morgan fingerprint density at radius 2 is 1.91 bits per heavy atom. The van der Waals surface area contributed by atoms with Crippen molar-refractivity contribution in [3.63, 3.8) is 0 Å². The van der Waals surface area contributed by atoms with Crippen LogP contribution in [0.3, 0.4) is 0 Å². The van der Waals surface area contributed by atoms with Gasteiger partial charge in [0.25, 0.3) is 5.91 Å². The Labute approximate surface area is 205 Å². The first-order valence-corrected chi connectivity index (χ1v) is 12.2. The highest BCUT2D eigenvalue weighted by Crippen LogP contribution is 2.26. The van der Waals surface area contributed by atoms with E-state index in [2.05, 4.69) is 23.0 Å². The van der Waals surface area contributed by atoms with Crippen LogP contribution in [0.25, 0.3) is 10.9 Å². The largest absolute Gasteiger partial charge is 0.491 e. The smallest absolute Gasteiger partial charge is 0.256 e. The highest BCUT2D eigenvalue weighted by molar-refractivity contribution is 6.06. The van der Waals surface area contributed by atoms with Crippen LogP contribution in [0.1, 0.15) is 45.6 Å². The van der Waals surface area contributed by atoms with Crippen LogP contribution in [0.2, 0.25) is 0 Å². The standard InChI is InChI=1S/C29H31N3O3/c1-20-21(2)31-28-26(20)8-3-9-27(28)29(33)32(18-23-6-4-14-30-16-23)17-22-10-12-24(13-11-22)35-19-25-7-5-15-34-25/h3-4,6,8-14,16,25,31H,5,7,15,17-19H2,1-2H3. The molecule has 1 atom stereocenters. The van der Waals surface area contributed by atoms with Crippen LogP contribution in [0.15, 0.2) is 67.0 Å². The van der Waals surface area contributed by atoms with E-state index in [0.29, 0.717) is 25.3 Å². The summed E-state index contributed by atoms with van der Waals surface area (Å²) in [5, 5.41) is 1.09. The van der Waals surface area contributed by atoms with Crippen LogP contribution < -0.4 is 4.74 Å². The average molecular weight is 470 g/mol. The van der Waals surface area contributed by atoms with E-state index in [0.717, 1.165) is 52.9 Å². The summed E-state index contributed by atoms with van der Waals surface area (Å²) >= 11 is 0. The number of carbonyl (C=O) groups excluding carboxylic acids is 1. The maximum absolute atomic E-state index is 13.9. The van der Waals surface area contributed by atoms with Gasteiger partial charge in [-0.25, -0.2) is 0 Å². The Morgan fingerprint density at radius 1 is 1.09 bits per heavy atom. The summed E-state index contributed by atoms with van der Waals surface area (Å²) in [6.07, 6.45) is 5.90. The third kappa shape index (κ3) is 5.23. The lowest BCUT2D eigenvalue weighted by Crippen LogP contribution is -2.30. The van der Waals surface area contributed by atoms with Gasteiger partial charge in [0, 0.05) is 43.2 Å². The minimum Gasteiger partial charge on any atom is -0.491 e. The molecule has 3 heterocycles. The first-order chi connectivity index (χ1) is 17.1. The fraction of sp³-hybridized carbons (Fsp3) is 0.310. The number of ether oxygens (including phenoxy) is 2. The summed E-state index contributed by atoms with van der Waals surface area (Å²) in [7, 11) is 0. The van der Waals surface area contributed by atoms with Gasteiger partial charge >= 0.3 is 0 Å². The van der Waals surface area contributed by atoms with E-state index in [1.54, 1.807) is 6.20 Å². The third-order valence-corrected chi connectivity index (χ3v) is 6.71. The molecule has 6 nitrogen and oxygen atoms in total. The second kappa shape index (κ2) is 10.3. The number of aromatic nitrogens is 2. The van der Waals surface area contributed by atoms with E-state index in [1.165, 1.54) is 5.56 Å². The number of para-hydroxylation sites is 1. The van der Waals surface area contributed by atoms with Gasteiger partial charge in [-0.2, -0.15) is 0 Å². The predicted octanol–water partition coefficient (Wildman–Crippen LogP) is 5.58. The normalized spacial score (nSPS) is 15.4. The zero-order valence-corrected chi connectivity index (χ0v) is 20.3. The number of pyridine rings is 1. The summed E-state index contributed by atoms with van der Waals surface area (Å²) in [5.41, 5.74) is 5.85. The van der Waals surface area contributed by atoms with E-state index in [9.17, 15) is 4.79 Å². The number of fused-ring (bicyclic) bond motifs is 1. The molecule has 1 aliphatic heterocycles. The number of rotatable bonds is 8. The molecule has 6 heteroatoms. The Kier molecular flexibility index (Phi) is 6.82. The highest BCUT2D eigenvalue weighted by atomic mass is 16.5. The molecule has 0 radical (unpaired) electrons.